The molecule has 0 aromatic carbocycles. The highest BCUT2D eigenvalue weighted by atomic mass is 32.2. The first kappa shape index (κ1) is 14.4. The highest BCUT2D eigenvalue weighted by molar-refractivity contribution is 7.92. The molecule has 0 spiro atoms. The minimum atomic E-state index is -4.03. The maximum Gasteiger partial charge on any atom is 0.355 e. The monoisotopic (exact) mass is 324 g/mol. The maximum atomic E-state index is 13.7. The fraction of sp³-hybridized carbons (Fsp3) is 0.154. The van der Waals surface area contributed by atoms with Crippen LogP contribution in [-0.2, 0) is 19.4 Å². The van der Waals surface area contributed by atoms with Crippen molar-refractivity contribution in [2.45, 2.75) is 5.37 Å². The van der Waals surface area contributed by atoms with Gasteiger partial charge in [0.1, 0.15) is 11.6 Å². The molecule has 1 fully saturated rings. The van der Waals surface area contributed by atoms with Crippen molar-refractivity contribution in [3.05, 3.63) is 47.2 Å². The predicted octanol–water partition coefficient (Wildman–Crippen LogP) is 0.327. The van der Waals surface area contributed by atoms with Crippen molar-refractivity contribution in [2.75, 3.05) is 5.75 Å². The van der Waals surface area contributed by atoms with Gasteiger partial charge in [-0.15, -0.1) is 0 Å². The zero-order valence-corrected chi connectivity index (χ0v) is 11.7. The summed E-state index contributed by atoms with van der Waals surface area (Å²) in [6.45, 7) is 0. The molecule has 22 heavy (non-hydrogen) atoms. The summed E-state index contributed by atoms with van der Waals surface area (Å²) in [5, 5.41) is 7.50. The maximum absolute atomic E-state index is 13.7. The number of hydrogen-bond acceptors (Lipinski definition) is 5. The van der Waals surface area contributed by atoms with Crippen molar-refractivity contribution in [1.82, 2.24) is 9.88 Å². The Balaban J connectivity index is 2.10. The molecular weight excluding hydrogens is 315 g/mol. The number of pyridine rings is 1. The first-order chi connectivity index (χ1) is 10.3. The fourth-order valence-electron chi connectivity index (χ4n) is 2.42. The number of β-lactam (4-membered cyclic amide) rings is 1. The molecule has 1 aromatic rings. The number of carboxylic acids is 1. The average molecular weight is 324 g/mol. The van der Waals surface area contributed by atoms with Gasteiger partial charge in [0.15, 0.2) is 20.9 Å². The van der Waals surface area contributed by atoms with Crippen molar-refractivity contribution >= 4 is 27.8 Å². The third-order valence-electron chi connectivity index (χ3n) is 3.33. The van der Waals surface area contributed by atoms with Gasteiger partial charge >= 0.3 is 5.97 Å². The van der Waals surface area contributed by atoms with E-state index in [2.05, 4.69) is 4.98 Å². The molecular formula is C13H9FN2O5S. The second-order valence-corrected chi connectivity index (χ2v) is 6.81. The smallest absolute Gasteiger partial charge is 0.355 e. The van der Waals surface area contributed by atoms with E-state index >= 15 is 0 Å². The predicted molar refractivity (Wildman–Crippen MR) is 72.4 cm³/mol. The van der Waals surface area contributed by atoms with Crippen LogP contribution >= 0.6 is 0 Å². The lowest BCUT2D eigenvalue weighted by Gasteiger charge is -2.44. The number of halogens is 1. The summed E-state index contributed by atoms with van der Waals surface area (Å²) in [6.07, 6.45) is 2.73. The minimum Gasteiger partial charge on any atom is -0.476 e. The number of amides is 1. The molecule has 2 aliphatic rings. The van der Waals surface area contributed by atoms with Crippen LogP contribution in [0.5, 0.6) is 0 Å². The fourth-order valence-corrected chi connectivity index (χ4v) is 4.15. The summed E-state index contributed by atoms with van der Waals surface area (Å²) < 4.78 is 37.8. The van der Waals surface area contributed by atoms with E-state index in [0.29, 0.717) is 10.6 Å². The van der Waals surface area contributed by atoms with Crippen LogP contribution in [0.2, 0.25) is 0 Å². The number of carboxylic acid groups (broad SMARTS) is 1. The Bertz CT molecular complexity index is 844. The molecule has 1 amide bonds. The Morgan fingerprint density at radius 3 is 2.77 bits per heavy atom. The number of aliphatic carboxylic acids is 1. The topological polar surface area (TPSA) is 105 Å². The molecule has 114 valence electrons. The van der Waals surface area contributed by atoms with Gasteiger partial charge in [-0.2, -0.15) is 0 Å². The zero-order valence-electron chi connectivity index (χ0n) is 10.9. The van der Waals surface area contributed by atoms with Crippen LogP contribution in [0.15, 0.2) is 41.5 Å². The van der Waals surface area contributed by atoms with E-state index in [4.69, 9.17) is 5.11 Å². The molecule has 0 saturated carbocycles. The SMILES string of the molecule is O=C(O)C1=C(F)CS(=O)(=O)[C@@H]2/C(=C\c3ccccn3)C(=O)N12. The molecule has 2 aliphatic heterocycles. The summed E-state index contributed by atoms with van der Waals surface area (Å²) in [7, 11) is -4.03. The number of sulfone groups is 1. The van der Waals surface area contributed by atoms with E-state index in [1.165, 1.54) is 12.3 Å². The molecule has 0 bridgehead atoms. The first-order valence-corrected chi connectivity index (χ1v) is 7.84. The van der Waals surface area contributed by atoms with E-state index in [1.807, 2.05) is 0 Å². The van der Waals surface area contributed by atoms with E-state index in [9.17, 15) is 22.4 Å². The van der Waals surface area contributed by atoms with Gasteiger partial charge < -0.3 is 5.11 Å². The van der Waals surface area contributed by atoms with Gasteiger partial charge in [0, 0.05) is 6.20 Å². The molecule has 1 aromatic heterocycles. The van der Waals surface area contributed by atoms with E-state index < -0.39 is 44.4 Å². The van der Waals surface area contributed by atoms with Gasteiger partial charge in [-0.05, 0) is 18.2 Å². The largest absolute Gasteiger partial charge is 0.476 e. The number of carbonyl (C=O) groups excluding carboxylic acids is 1. The quantitative estimate of drug-likeness (QED) is 0.621. The number of rotatable bonds is 2. The van der Waals surface area contributed by atoms with Crippen LogP contribution in [0.3, 0.4) is 0 Å². The minimum absolute atomic E-state index is 0.120. The first-order valence-electron chi connectivity index (χ1n) is 6.12. The Morgan fingerprint density at radius 2 is 2.18 bits per heavy atom. The molecule has 7 nitrogen and oxygen atoms in total. The lowest BCUT2D eigenvalue weighted by Crippen LogP contribution is -2.61. The molecule has 0 unspecified atom stereocenters. The lowest BCUT2D eigenvalue weighted by atomic mass is 10.0. The van der Waals surface area contributed by atoms with Crippen LogP contribution in [-0.4, -0.2) is 46.4 Å². The van der Waals surface area contributed by atoms with E-state index in [-0.39, 0.29) is 5.57 Å². The number of carbonyl (C=O) groups is 2. The van der Waals surface area contributed by atoms with E-state index in [1.54, 1.807) is 18.2 Å². The summed E-state index contributed by atoms with van der Waals surface area (Å²) in [5.41, 5.74) is -0.680. The highest BCUT2D eigenvalue weighted by Gasteiger charge is 2.57. The Kier molecular flexibility index (Phi) is 3.10. The third kappa shape index (κ3) is 2.01. The van der Waals surface area contributed by atoms with Gasteiger partial charge in [0.25, 0.3) is 5.91 Å². The van der Waals surface area contributed by atoms with Crippen LogP contribution in [0.25, 0.3) is 6.08 Å². The Hall–Kier alpha value is -2.55. The standard InChI is InChI=1S/C13H9FN2O5S/c14-9-6-22(20,21)12-8(5-7-3-1-2-4-15-7)11(17)16(12)10(9)13(18)19/h1-5,12H,6H2,(H,18,19)/b8-5-/t12-/m1/s1. The molecule has 3 heterocycles. The van der Waals surface area contributed by atoms with Crippen molar-refractivity contribution in [3.8, 4) is 0 Å². The zero-order chi connectivity index (χ0) is 16.1. The summed E-state index contributed by atoms with van der Waals surface area (Å²) in [6, 6.07) is 4.86. The Morgan fingerprint density at radius 1 is 1.45 bits per heavy atom. The second-order valence-electron chi connectivity index (χ2n) is 4.75. The van der Waals surface area contributed by atoms with Crippen molar-refractivity contribution in [3.63, 3.8) is 0 Å². The van der Waals surface area contributed by atoms with Gasteiger partial charge in [-0.25, -0.2) is 17.6 Å². The molecule has 0 aliphatic carbocycles. The Labute approximate surface area is 124 Å². The third-order valence-corrected chi connectivity index (χ3v) is 5.13. The lowest BCUT2D eigenvalue weighted by molar-refractivity contribution is -0.142. The van der Waals surface area contributed by atoms with Crippen LogP contribution < -0.4 is 0 Å². The van der Waals surface area contributed by atoms with Gasteiger partial charge in [0.2, 0.25) is 0 Å². The summed E-state index contributed by atoms with van der Waals surface area (Å²) in [4.78, 5) is 27.5. The second kappa shape index (κ2) is 4.73. The molecule has 9 heteroatoms. The van der Waals surface area contributed by atoms with Gasteiger partial charge in [-0.3, -0.25) is 14.7 Å². The molecule has 1 atom stereocenters. The van der Waals surface area contributed by atoms with Crippen LogP contribution in [0, 0.1) is 0 Å². The number of aromatic nitrogens is 1. The van der Waals surface area contributed by atoms with Gasteiger partial charge in [-0.1, -0.05) is 6.07 Å². The van der Waals surface area contributed by atoms with Gasteiger partial charge in [0.05, 0.1) is 11.3 Å². The number of nitrogens with zero attached hydrogens (tertiary/aromatic N) is 2. The average Bonchev–Trinajstić information content (AvgIpc) is 2.44. The highest BCUT2D eigenvalue weighted by Crippen LogP contribution is 2.40. The molecule has 1 saturated heterocycles. The van der Waals surface area contributed by atoms with Crippen LogP contribution in [0.1, 0.15) is 5.69 Å². The number of fused-ring (bicyclic) bond motifs is 1. The molecule has 3 rings (SSSR count). The van der Waals surface area contributed by atoms with Crippen molar-refractivity contribution in [1.29, 1.82) is 0 Å². The van der Waals surface area contributed by atoms with E-state index in [0.717, 1.165) is 0 Å². The number of hydrogen-bond donors (Lipinski definition) is 1. The van der Waals surface area contributed by atoms with Crippen molar-refractivity contribution < 1.29 is 27.5 Å². The summed E-state index contributed by atoms with van der Waals surface area (Å²) >= 11 is 0. The molecule has 0 radical (unpaired) electrons. The van der Waals surface area contributed by atoms with Crippen LogP contribution in [0.4, 0.5) is 4.39 Å². The normalized spacial score (nSPS) is 25.0. The summed E-state index contributed by atoms with van der Waals surface area (Å²) in [5.74, 6) is -4.91. The van der Waals surface area contributed by atoms with Crippen molar-refractivity contribution in [2.24, 2.45) is 0 Å². The molecule has 1 N–H and O–H groups in total.